The van der Waals surface area contributed by atoms with Crippen LogP contribution in [0.25, 0.3) is 0 Å². The summed E-state index contributed by atoms with van der Waals surface area (Å²) in [7, 11) is 4.05. The quantitative estimate of drug-likeness (QED) is 0.824. The monoisotopic (exact) mass is 285 g/mol. The molecule has 0 aliphatic carbocycles. The second-order valence-corrected chi connectivity index (χ2v) is 5.36. The maximum Gasteiger partial charge on any atom is 0.272 e. The van der Waals surface area contributed by atoms with Crippen LogP contribution < -0.4 is 0 Å². The first kappa shape index (κ1) is 13.8. The van der Waals surface area contributed by atoms with Crippen molar-refractivity contribution in [2.45, 2.75) is 6.04 Å². The molecule has 1 saturated heterocycles. The number of carbonyl (C=O) groups excluding carboxylic acids is 1. The van der Waals surface area contributed by atoms with E-state index in [1.807, 2.05) is 34.8 Å². The zero-order chi connectivity index (χ0) is 14.8. The number of piperazine rings is 1. The van der Waals surface area contributed by atoms with E-state index in [1.54, 1.807) is 18.5 Å². The Labute approximate surface area is 124 Å². The van der Waals surface area contributed by atoms with E-state index in [9.17, 15) is 4.79 Å². The van der Waals surface area contributed by atoms with Gasteiger partial charge in [-0.15, -0.1) is 0 Å². The summed E-state index contributed by atoms with van der Waals surface area (Å²) < 4.78 is 2.01. The van der Waals surface area contributed by atoms with Gasteiger partial charge >= 0.3 is 0 Å². The zero-order valence-electron chi connectivity index (χ0n) is 12.3. The van der Waals surface area contributed by atoms with Crippen molar-refractivity contribution in [3.05, 3.63) is 48.3 Å². The van der Waals surface area contributed by atoms with E-state index in [1.165, 1.54) is 0 Å². The largest absolute Gasteiger partial charge is 0.337 e. The van der Waals surface area contributed by atoms with Crippen LogP contribution in [0.5, 0.6) is 0 Å². The molecule has 6 nitrogen and oxygen atoms in total. The highest BCUT2D eigenvalue weighted by Gasteiger charge is 2.31. The highest BCUT2D eigenvalue weighted by molar-refractivity contribution is 5.92. The minimum Gasteiger partial charge on any atom is -0.337 e. The molecule has 3 rings (SSSR count). The molecule has 0 N–H and O–H groups in total. The Hall–Kier alpha value is -2.21. The Kier molecular flexibility index (Phi) is 3.70. The molecule has 0 spiro atoms. The van der Waals surface area contributed by atoms with Crippen molar-refractivity contribution in [2.75, 3.05) is 26.7 Å². The highest BCUT2D eigenvalue weighted by atomic mass is 16.2. The van der Waals surface area contributed by atoms with Crippen LogP contribution in [0.2, 0.25) is 0 Å². The number of imidazole rings is 1. The average molecular weight is 285 g/mol. The number of hydrogen-bond donors (Lipinski definition) is 0. The molecule has 3 heterocycles. The van der Waals surface area contributed by atoms with Gasteiger partial charge in [-0.25, -0.2) is 4.98 Å². The van der Waals surface area contributed by atoms with Gasteiger partial charge in [-0.05, 0) is 19.2 Å². The Balaban J connectivity index is 1.80. The minimum absolute atomic E-state index is 0.0112. The van der Waals surface area contributed by atoms with Crippen LogP contribution >= 0.6 is 0 Å². The van der Waals surface area contributed by atoms with Crippen LogP contribution in [0.1, 0.15) is 22.4 Å². The first-order valence-corrected chi connectivity index (χ1v) is 7.04. The number of rotatable bonds is 2. The summed E-state index contributed by atoms with van der Waals surface area (Å²) in [5, 5.41) is 0. The fourth-order valence-electron chi connectivity index (χ4n) is 2.69. The molecule has 0 aromatic carbocycles. The molecule has 1 atom stereocenters. The van der Waals surface area contributed by atoms with Crippen molar-refractivity contribution in [1.29, 1.82) is 0 Å². The molecule has 1 aliphatic heterocycles. The second kappa shape index (κ2) is 5.65. The lowest BCUT2D eigenvalue weighted by Gasteiger charge is -2.38. The van der Waals surface area contributed by atoms with Gasteiger partial charge in [-0.2, -0.15) is 0 Å². The fourth-order valence-corrected chi connectivity index (χ4v) is 2.69. The lowest BCUT2D eigenvalue weighted by atomic mass is 10.1. The van der Waals surface area contributed by atoms with Crippen molar-refractivity contribution >= 4 is 5.91 Å². The lowest BCUT2D eigenvalue weighted by Crippen LogP contribution is -2.49. The first-order valence-electron chi connectivity index (χ1n) is 7.04. The van der Waals surface area contributed by atoms with Crippen LogP contribution in [0.3, 0.4) is 0 Å². The number of aryl methyl sites for hydroxylation is 1. The maximum atomic E-state index is 12.5. The molecule has 0 radical (unpaired) electrons. The Bertz CT molecular complexity index is 624. The lowest BCUT2D eigenvalue weighted by molar-refractivity contribution is 0.0523. The smallest absolute Gasteiger partial charge is 0.272 e. The number of hydrogen-bond acceptors (Lipinski definition) is 4. The Morgan fingerprint density at radius 3 is 2.71 bits per heavy atom. The summed E-state index contributed by atoms with van der Waals surface area (Å²) in [5.74, 6) is 0.971. The van der Waals surface area contributed by atoms with Crippen molar-refractivity contribution in [3.8, 4) is 0 Å². The zero-order valence-corrected chi connectivity index (χ0v) is 12.3. The summed E-state index contributed by atoms with van der Waals surface area (Å²) in [6.07, 6.45) is 5.38. The third-order valence-corrected chi connectivity index (χ3v) is 3.98. The highest BCUT2D eigenvalue weighted by Crippen LogP contribution is 2.23. The molecule has 6 heteroatoms. The van der Waals surface area contributed by atoms with Crippen molar-refractivity contribution < 1.29 is 4.79 Å². The van der Waals surface area contributed by atoms with Gasteiger partial charge < -0.3 is 9.47 Å². The number of carbonyl (C=O) groups is 1. The predicted molar refractivity (Wildman–Crippen MR) is 78.7 cm³/mol. The Morgan fingerprint density at radius 2 is 2.05 bits per heavy atom. The Morgan fingerprint density at radius 1 is 1.19 bits per heavy atom. The molecule has 21 heavy (non-hydrogen) atoms. The molecule has 2 aromatic heterocycles. The predicted octanol–water partition coefficient (Wildman–Crippen LogP) is 0.944. The molecule has 2 aromatic rings. The fraction of sp³-hybridized carbons (Fsp3) is 0.400. The van der Waals surface area contributed by atoms with E-state index in [2.05, 4.69) is 21.9 Å². The third-order valence-electron chi connectivity index (χ3n) is 3.98. The van der Waals surface area contributed by atoms with E-state index in [0.717, 1.165) is 12.4 Å². The van der Waals surface area contributed by atoms with E-state index in [4.69, 9.17) is 0 Å². The van der Waals surface area contributed by atoms with Gasteiger partial charge in [-0.1, -0.05) is 6.07 Å². The molecule has 1 amide bonds. The summed E-state index contributed by atoms with van der Waals surface area (Å²) in [6.45, 7) is 2.18. The molecule has 1 fully saturated rings. The molecular formula is C15H19N5O. The maximum absolute atomic E-state index is 12.5. The summed E-state index contributed by atoms with van der Waals surface area (Å²) in [6, 6.07) is 5.53. The van der Waals surface area contributed by atoms with Crippen LogP contribution in [-0.2, 0) is 7.05 Å². The number of amides is 1. The SMILES string of the molecule is CN1CCN(C(=O)c2ccccn2)C[C@H]1c1nccn1C. The van der Waals surface area contributed by atoms with Gasteiger partial charge in [0.15, 0.2) is 0 Å². The van der Waals surface area contributed by atoms with Crippen molar-refractivity contribution in [2.24, 2.45) is 7.05 Å². The van der Waals surface area contributed by atoms with E-state index in [0.29, 0.717) is 18.8 Å². The van der Waals surface area contributed by atoms with Crippen molar-refractivity contribution in [3.63, 3.8) is 0 Å². The summed E-state index contributed by atoms with van der Waals surface area (Å²) >= 11 is 0. The molecular weight excluding hydrogens is 266 g/mol. The standard InChI is InChI=1S/C15H19N5O/c1-18-9-10-20(15(21)12-5-3-4-6-16-12)11-13(18)14-17-7-8-19(14)2/h3-8,13H,9-11H2,1-2H3/t13-/m0/s1. The number of aromatic nitrogens is 3. The molecule has 0 unspecified atom stereocenters. The van der Waals surface area contributed by atoms with Gasteiger partial charge in [0.25, 0.3) is 5.91 Å². The first-order chi connectivity index (χ1) is 10.2. The van der Waals surface area contributed by atoms with Crippen LogP contribution in [0.4, 0.5) is 0 Å². The number of nitrogens with zero attached hydrogens (tertiary/aromatic N) is 5. The van der Waals surface area contributed by atoms with Crippen LogP contribution in [0, 0.1) is 0 Å². The van der Waals surface area contributed by atoms with Crippen LogP contribution in [-0.4, -0.2) is 56.9 Å². The van der Waals surface area contributed by atoms with Gasteiger partial charge in [0, 0.05) is 45.3 Å². The normalized spacial score (nSPS) is 19.7. The van der Waals surface area contributed by atoms with E-state index < -0.39 is 0 Å². The molecule has 0 bridgehead atoms. The third kappa shape index (κ3) is 2.67. The topological polar surface area (TPSA) is 54.3 Å². The number of likely N-dealkylation sites (N-methyl/N-ethyl adjacent to an activating group) is 1. The van der Waals surface area contributed by atoms with Gasteiger partial charge in [0.2, 0.25) is 0 Å². The van der Waals surface area contributed by atoms with E-state index in [-0.39, 0.29) is 11.9 Å². The average Bonchev–Trinajstić information content (AvgIpc) is 2.94. The minimum atomic E-state index is -0.0112. The second-order valence-electron chi connectivity index (χ2n) is 5.36. The van der Waals surface area contributed by atoms with Gasteiger partial charge in [-0.3, -0.25) is 14.7 Å². The van der Waals surface area contributed by atoms with Gasteiger partial charge in [0.1, 0.15) is 11.5 Å². The molecule has 1 aliphatic rings. The number of pyridine rings is 1. The van der Waals surface area contributed by atoms with E-state index >= 15 is 0 Å². The van der Waals surface area contributed by atoms with Gasteiger partial charge in [0.05, 0.1) is 6.04 Å². The molecule has 110 valence electrons. The summed E-state index contributed by atoms with van der Waals surface area (Å²) in [5.41, 5.74) is 0.501. The summed E-state index contributed by atoms with van der Waals surface area (Å²) in [4.78, 5) is 25.2. The van der Waals surface area contributed by atoms with Crippen molar-refractivity contribution in [1.82, 2.24) is 24.3 Å². The van der Waals surface area contributed by atoms with Crippen LogP contribution in [0.15, 0.2) is 36.8 Å². The molecule has 0 saturated carbocycles.